The van der Waals surface area contributed by atoms with Gasteiger partial charge in [-0.1, -0.05) is 17.7 Å². The first-order valence-electron chi connectivity index (χ1n) is 10.6. The molecule has 0 aliphatic carbocycles. The van der Waals surface area contributed by atoms with Gasteiger partial charge < -0.3 is 14.5 Å². The number of benzene rings is 1. The Kier molecular flexibility index (Phi) is 6.45. The lowest BCUT2D eigenvalue weighted by atomic mass is 9.98. The van der Waals surface area contributed by atoms with Crippen molar-refractivity contribution >= 4 is 29.4 Å². The van der Waals surface area contributed by atoms with Gasteiger partial charge in [-0.05, 0) is 31.9 Å². The van der Waals surface area contributed by atoms with Crippen LogP contribution in [0, 0.1) is 11.7 Å². The molecule has 0 saturated carbocycles. The van der Waals surface area contributed by atoms with Crippen LogP contribution in [0.25, 0.3) is 0 Å². The lowest BCUT2D eigenvalue weighted by Gasteiger charge is -2.31. The number of fused-ring (bicyclic) bond motifs is 1. The van der Waals surface area contributed by atoms with Crippen molar-refractivity contribution in [2.24, 2.45) is 5.92 Å². The van der Waals surface area contributed by atoms with Crippen molar-refractivity contribution in [3.8, 4) is 0 Å². The number of halogens is 2. The van der Waals surface area contributed by atoms with Gasteiger partial charge in [0.1, 0.15) is 11.5 Å². The molecule has 2 aliphatic heterocycles. The molecule has 2 aromatic rings. The predicted molar refractivity (Wildman–Crippen MR) is 114 cm³/mol. The summed E-state index contributed by atoms with van der Waals surface area (Å²) in [6.45, 7) is 3.57. The Bertz CT molecular complexity index is 1040. The number of amides is 2. The number of esters is 1. The van der Waals surface area contributed by atoms with E-state index in [-0.39, 0.29) is 58.8 Å². The average molecular weight is 463 g/mol. The SMILES string of the molecule is CCOC(=O)C1CCCN(C(=O)c2cc3n(n2)CCN(Cc2c(F)cccc2Cl)C3=O)C1. The van der Waals surface area contributed by atoms with Crippen LogP contribution >= 0.6 is 11.6 Å². The third-order valence-corrected chi connectivity index (χ3v) is 6.18. The van der Waals surface area contributed by atoms with Crippen LogP contribution in [0.5, 0.6) is 0 Å². The first-order chi connectivity index (χ1) is 15.4. The number of likely N-dealkylation sites (tertiary alicyclic amines) is 1. The van der Waals surface area contributed by atoms with E-state index in [4.69, 9.17) is 16.3 Å². The summed E-state index contributed by atoms with van der Waals surface area (Å²) in [7, 11) is 0. The molecule has 1 aromatic heterocycles. The maximum Gasteiger partial charge on any atom is 0.310 e. The summed E-state index contributed by atoms with van der Waals surface area (Å²) >= 11 is 6.10. The van der Waals surface area contributed by atoms with Gasteiger partial charge in [0.05, 0.1) is 25.6 Å². The normalized spacial score (nSPS) is 18.5. The molecule has 1 fully saturated rings. The highest BCUT2D eigenvalue weighted by atomic mass is 35.5. The van der Waals surface area contributed by atoms with Gasteiger partial charge in [0.15, 0.2) is 5.69 Å². The number of hydrogen-bond donors (Lipinski definition) is 0. The molecule has 0 radical (unpaired) electrons. The third-order valence-electron chi connectivity index (χ3n) is 5.83. The Hall–Kier alpha value is -2.94. The Labute approximate surface area is 189 Å². The molecule has 4 rings (SSSR count). The molecule has 2 aliphatic rings. The summed E-state index contributed by atoms with van der Waals surface area (Å²) in [5.74, 6) is -1.79. The zero-order chi connectivity index (χ0) is 22.8. The van der Waals surface area contributed by atoms with Crippen molar-refractivity contribution in [1.29, 1.82) is 0 Å². The lowest BCUT2D eigenvalue weighted by Crippen LogP contribution is -2.43. The third kappa shape index (κ3) is 4.34. The maximum absolute atomic E-state index is 14.2. The van der Waals surface area contributed by atoms with Crippen LogP contribution in [0.3, 0.4) is 0 Å². The van der Waals surface area contributed by atoms with E-state index in [1.54, 1.807) is 17.9 Å². The van der Waals surface area contributed by atoms with Crippen LogP contribution in [-0.4, -0.2) is 63.6 Å². The Morgan fingerprint density at radius 1 is 1.28 bits per heavy atom. The number of piperidine rings is 1. The van der Waals surface area contributed by atoms with Gasteiger partial charge in [0, 0.05) is 36.3 Å². The number of carbonyl (C=O) groups excluding carboxylic acids is 3. The fraction of sp³-hybridized carbons (Fsp3) is 0.455. The summed E-state index contributed by atoms with van der Waals surface area (Å²) in [4.78, 5) is 41.2. The quantitative estimate of drug-likeness (QED) is 0.638. The molecule has 1 saturated heterocycles. The molecule has 1 unspecified atom stereocenters. The first-order valence-corrected chi connectivity index (χ1v) is 11.0. The standard InChI is InChI=1S/C22H24ClFN4O4/c1-2-32-22(31)14-5-4-8-26(12-14)20(29)18-11-19-21(30)27(9-10-28(19)25-18)13-15-16(23)6-3-7-17(15)24/h3,6-7,11,14H,2,4-5,8-10,12-13H2,1H3. The van der Waals surface area contributed by atoms with Gasteiger partial charge in [0.25, 0.3) is 11.8 Å². The number of aromatic nitrogens is 2. The predicted octanol–water partition coefficient (Wildman–Crippen LogP) is 2.75. The second-order valence-corrected chi connectivity index (χ2v) is 8.31. The summed E-state index contributed by atoms with van der Waals surface area (Å²) in [6, 6.07) is 5.86. The number of rotatable bonds is 5. The molecule has 0 N–H and O–H groups in total. The first kappa shape index (κ1) is 22.3. The van der Waals surface area contributed by atoms with E-state index >= 15 is 0 Å². The molecule has 0 bridgehead atoms. The van der Waals surface area contributed by atoms with Crippen LogP contribution < -0.4 is 0 Å². The average Bonchev–Trinajstić information content (AvgIpc) is 3.23. The topological polar surface area (TPSA) is 84.7 Å². The zero-order valence-corrected chi connectivity index (χ0v) is 18.5. The highest BCUT2D eigenvalue weighted by Crippen LogP contribution is 2.24. The fourth-order valence-electron chi connectivity index (χ4n) is 4.14. The van der Waals surface area contributed by atoms with Crippen molar-refractivity contribution in [2.45, 2.75) is 32.9 Å². The minimum Gasteiger partial charge on any atom is -0.466 e. The van der Waals surface area contributed by atoms with Crippen LogP contribution in [0.15, 0.2) is 24.3 Å². The molecule has 10 heteroatoms. The highest BCUT2D eigenvalue weighted by molar-refractivity contribution is 6.31. The smallest absolute Gasteiger partial charge is 0.310 e. The Morgan fingerprint density at radius 2 is 2.09 bits per heavy atom. The Morgan fingerprint density at radius 3 is 2.84 bits per heavy atom. The summed E-state index contributed by atoms with van der Waals surface area (Å²) in [5.41, 5.74) is 0.680. The Balaban J connectivity index is 1.48. The summed E-state index contributed by atoms with van der Waals surface area (Å²) in [5, 5.41) is 4.58. The molecule has 8 nitrogen and oxygen atoms in total. The van der Waals surface area contributed by atoms with Crippen molar-refractivity contribution in [3.63, 3.8) is 0 Å². The van der Waals surface area contributed by atoms with Crippen LogP contribution in [0.2, 0.25) is 5.02 Å². The summed E-state index contributed by atoms with van der Waals surface area (Å²) in [6.07, 6.45) is 1.37. The molecular formula is C22H24ClFN4O4. The molecule has 170 valence electrons. The van der Waals surface area contributed by atoms with Gasteiger partial charge in [-0.2, -0.15) is 5.10 Å². The van der Waals surface area contributed by atoms with E-state index in [2.05, 4.69) is 5.10 Å². The van der Waals surface area contributed by atoms with Crippen molar-refractivity contribution in [1.82, 2.24) is 19.6 Å². The van der Waals surface area contributed by atoms with E-state index < -0.39 is 5.82 Å². The monoisotopic (exact) mass is 462 g/mol. The van der Waals surface area contributed by atoms with E-state index in [1.807, 2.05) is 0 Å². The number of carbonyl (C=O) groups is 3. The van der Waals surface area contributed by atoms with E-state index in [9.17, 15) is 18.8 Å². The number of ether oxygens (including phenoxy) is 1. The van der Waals surface area contributed by atoms with Crippen LogP contribution in [-0.2, 0) is 22.6 Å². The van der Waals surface area contributed by atoms with E-state index in [1.165, 1.54) is 27.8 Å². The van der Waals surface area contributed by atoms with Crippen molar-refractivity contribution in [2.75, 3.05) is 26.2 Å². The van der Waals surface area contributed by atoms with E-state index in [0.717, 1.165) is 0 Å². The van der Waals surface area contributed by atoms with E-state index in [0.29, 0.717) is 39.1 Å². The zero-order valence-electron chi connectivity index (χ0n) is 17.7. The molecule has 1 aromatic carbocycles. The highest BCUT2D eigenvalue weighted by Gasteiger charge is 2.33. The van der Waals surface area contributed by atoms with Crippen LogP contribution in [0.4, 0.5) is 4.39 Å². The molecular weight excluding hydrogens is 439 g/mol. The van der Waals surface area contributed by atoms with Gasteiger partial charge in [0.2, 0.25) is 0 Å². The maximum atomic E-state index is 14.2. The van der Waals surface area contributed by atoms with Gasteiger partial charge in [-0.3, -0.25) is 19.1 Å². The molecule has 2 amide bonds. The lowest BCUT2D eigenvalue weighted by molar-refractivity contribution is -0.149. The minimum atomic E-state index is -0.471. The second kappa shape index (κ2) is 9.28. The van der Waals surface area contributed by atoms with Crippen molar-refractivity contribution in [3.05, 3.63) is 52.1 Å². The van der Waals surface area contributed by atoms with Gasteiger partial charge in [-0.25, -0.2) is 4.39 Å². The van der Waals surface area contributed by atoms with Gasteiger partial charge in [-0.15, -0.1) is 0 Å². The number of hydrogen-bond acceptors (Lipinski definition) is 5. The molecule has 3 heterocycles. The van der Waals surface area contributed by atoms with Gasteiger partial charge >= 0.3 is 5.97 Å². The largest absolute Gasteiger partial charge is 0.466 e. The molecule has 0 spiro atoms. The minimum absolute atomic E-state index is 0.0339. The number of nitrogens with zero attached hydrogens (tertiary/aromatic N) is 4. The van der Waals surface area contributed by atoms with Crippen molar-refractivity contribution < 1.29 is 23.5 Å². The molecule has 32 heavy (non-hydrogen) atoms. The summed E-state index contributed by atoms with van der Waals surface area (Å²) < 4.78 is 20.7. The fourth-order valence-corrected chi connectivity index (χ4v) is 4.37. The van der Waals surface area contributed by atoms with Crippen LogP contribution in [0.1, 0.15) is 46.3 Å². The second-order valence-electron chi connectivity index (χ2n) is 7.91. The molecule has 1 atom stereocenters.